The summed E-state index contributed by atoms with van der Waals surface area (Å²) in [5.41, 5.74) is 2.36. The molecule has 0 saturated carbocycles. The van der Waals surface area contributed by atoms with Crippen LogP contribution in [0.15, 0.2) is 30.5 Å². The molecule has 0 saturated heterocycles. The highest BCUT2D eigenvalue weighted by molar-refractivity contribution is 5.94. The first kappa shape index (κ1) is 13.8. The third-order valence-electron chi connectivity index (χ3n) is 3.03. The largest absolute Gasteiger partial charge is 0.478 e. The number of benzene rings is 1. The van der Waals surface area contributed by atoms with Crippen molar-refractivity contribution in [2.24, 2.45) is 0 Å². The number of hydrogen-bond acceptors (Lipinski definition) is 3. The SMILES string of the molecule is Cc1[nH]ncc1C(=O)N(C)Cc1ccc(C(=O)O)cc1. The molecule has 0 bridgehead atoms. The minimum absolute atomic E-state index is 0.126. The van der Waals surface area contributed by atoms with Gasteiger partial charge in [-0.1, -0.05) is 12.1 Å². The fraction of sp³-hybridized carbons (Fsp3) is 0.214. The summed E-state index contributed by atoms with van der Waals surface area (Å²) < 4.78 is 0. The molecule has 0 unspecified atom stereocenters. The molecule has 1 heterocycles. The van der Waals surface area contributed by atoms with Crippen LogP contribution in [0.2, 0.25) is 0 Å². The molecular weight excluding hydrogens is 258 g/mol. The number of carbonyl (C=O) groups is 2. The van der Waals surface area contributed by atoms with Gasteiger partial charge in [0.1, 0.15) is 0 Å². The minimum atomic E-state index is -0.963. The smallest absolute Gasteiger partial charge is 0.335 e. The first-order valence-electron chi connectivity index (χ1n) is 6.06. The van der Waals surface area contributed by atoms with Crippen LogP contribution in [-0.4, -0.2) is 39.1 Å². The van der Waals surface area contributed by atoms with Crippen molar-refractivity contribution in [1.82, 2.24) is 15.1 Å². The van der Waals surface area contributed by atoms with Crippen molar-refractivity contribution in [2.45, 2.75) is 13.5 Å². The average molecular weight is 273 g/mol. The van der Waals surface area contributed by atoms with Gasteiger partial charge in [-0.3, -0.25) is 9.89 Å². The molecule has 0 aliphatic carbocycles. The second-order valence-electron chi connectivity index (χ2n) is 4.57. The molecule has 0 fully saturated rings. The van der Waals surface area contributed by atoms with Crippen LogP contribution in [0.5, 0.6) is 0 Å². The van der Waals surface area contributed by atoms with Crippen LogP contribution >= 0.6 is 0 Å². The highest BCUT2D eigenvalue weighted by atomic mass is 16.4. The first-order chi connectivity index (χ1) is 9.49. The highest BCUT2D eigenvalue weighted by Crippen LogP contribution is 2.11. The molecule has 6 heteroatoms. The third kappa shape index (κ3) is 2.85. The Morgan fingerprint density at radius 3 is 2.45 bits per heavy atom. The van der Waals surface area contributed by atoms with Gasteiger partial charge >= 0.3 is 5.97 Å². The number of carboxylic acid groups (broad SMARTS) is 1. The van der Waals surface area contributed by atoms with Crippen LogP contribution in [0.4, 0.5) is 0 Å². The van der Waals surface area contributed by atoms with Gasteiger partial charge in [-0.15, -0.1) is 0 Å². The van der Waals surface area contributed by atoms with Crippen molar-refractivity contribution in [3.8, 4) is 0 Å². The van der Waals surface area contributed by atoms with Gasteiger partial charge in [0.15, 0.2) is 0 Å². The van der Waals surface area contributed by atoms with E-state index in [0.717, 1.165) is 11.3 Å². The summed E-state index contributed by atoms with van der Waals surface area (Å²) >= 11 is 0. The number of aromatic nitrogens is 2. The molecule has 0 radical (unpaired) electrons. The van der Waals surface area contributed by atoms with Gasteiger partial charge in [-0.2, -0.15) is 5.10 Å². The second-order valence-corrected chi connectivity index (χ2v) is 4.57. The number of carboxylic acids is 1. The molecule has 1 aromatic heterocycles. The Kier molecular flexibility index (Phi) is 3.84. The Morgan fingerprint density at radius 2 is 1.95 bits per heavy atom. The zero-order valence-electron chi connectivity index (χ0n) is 11.3. The van der Waals surface area contributed by atoms with Gasteiger partial charge in [-0.25, -0.2) is 4.79 Å². The molecule has 0 atom stereocenters. The summed E-state index contributed by atoms with van der Waals surface area (Å²) in [5.74, 6) is -1.09. The summed E-state index contributed by atoms with van der Waals surface area (Å²) in [5, 5.41) is 15.4. The summed E-state index contributed by atoms with van der Waals surface area (Å²) in [4.78, 5) is 24.5. The lowest BCUT2D eigenvalue weighted by Gasteiger charge is -2.17. The van der Waals surface area contributed by atoms with Gasteiger partial charge < -0.3 is 10.0 Å². The van der Waals surface area contributed by atoms with Crippen molar-refractivity contribution in [1.29, 1.82) is 0 Å². The molecule has 1 amide bonds. The lowest BCUT2D eigenvalue weighted by Crippen LogP contribution is -2.26. The van der Waals surface area contributed by atoms with E-state index in [4.69, 9.17) is 5.11 Å². The zero-order chi connectivity index (χ0) is 14.7. The average Bonchev–Trinajstić information content (AvgIpc) is 2.84. The number of aromatic amines is 1. The van der Waals surface area contributed by atoms with Crippen molar-refractivity contribution in [3.63, 3.8) is 0 Å². The van der Waals surface area contributed by atoms with Gasteiger partial charge in [0, 0.05) is 19.3 Å². The number of amides is 1. The number of nitrogens with one attached hydrogen (secondary N) is 1. The van der Waals surface area contributed by atoms with Crippen molar-refractivity contribution >= 4 is 11.9 Å². The summed E-state index contributed by atoms with van der Waals surface area (Å²) in [7, 11) is 1.69. The number of rotatable bonds is 4. The molecule has 2 N–H and O–H groups in total. The van der Waals surface area contributed by atoms with Gasteiger partial charge in [0.05, 0.1) is 17.3 Å². The maximum atomic E-state index is 12.2. The fourth-order valence-corrected chi connectivity index (χ4v) is 1.87. The topological polar surface area (TPSA) is 86.3 Å². The third-order valence-corrected chi connectivity index (χ3v) is 3.03. The van der Waals surface area contributed by atoms with E-state index in [9.17, 15) is 9.59 Å². The van der Waals surface area contributed by atoms with Crippen LogP contribution in [0.3, 0.4) is 0 Å². The molecule has 6 nitrogen and oxygen atoms in total. The number of carbonyl (C=O) groups excluding carboxylic acids is 1. The molecule has 20 heavy (non-hydrogen) atoms. The molecule has 0 spiro atoms. The second kappa shape index (κ2) is 5.56. The Morgan fingerprint density at radius 1 is 1.30 bits per heavy atom. The van der Waals surface area contributed by atoms with Crippen LogP contribution in [-0.2, 0) is 6.54 Å². The lowest BCUT2D eigenvalue weighted by atomic mass is 10.1. The fourth-order valence-electron chi connectivity index (χ4n) is 1.87. The standard InChI is InChI=1S/C14H15N3O3/c1-9-12(7-15-16-9)13(18)17(2)8-10-3-5-11(6-4-10)14(19)20/h3-7H,8H2,1-2H3,(H,15,16)(H,19,20). The zero-order valence-corrected chi connectivity index (χ0v) is 11.3. The van der Waals surface area contributed by atoms with Crippen LogP contribution in [0, 0.1) is 6.92 Å². The number of nitrogens with zero attached hydrogens (tertiary/aromatic N) is 2. The van der Waals surface area contributed by atoms with Crippen LogP contribution in [0.25, 0.3) is 0 Å². The normalized spacial score (nSPS) is 10.3. The van der Waals surface area contributed by atoms with Gasteiger partial charge in [-0.05, 0) is 24.6 Å². The lowest BCUT2D eigenvalue weighted by molar-refractivity contribution is 0.0695. The van der Waals surface area contributed by atoms with E-state index in [2.05, 4.69) is 10.2 Å². The van der Waals surface area contributed by atoms with Crippen molar-refractivity contribution in [2.75, 3.05) is 7.05 Å². The molecule has 104 valence electrons. The van der Waals surface area contributed by atoms with Crippen molar-refractivity contribution in [3.05, 3.63) is 52.8 Å². The number of hydrogen-bond donors (Lipinski definition) is 2. The monoisotopic (exact) mass is 273 g/mol. The van der Waals surface area contributed by atoms with E-state index < -0.39 is 5.97 Å². The minimum Gasteiger partial charge on any atom is -0.478 e. The van der Waals surface area contributed by atoms with Crippen LogP contribution in [0.1, 0.15) is 32.0 Å². The van der Waals surface area contributed by atoms with E-state index in [1.165, 1.54) is 18.3 Å². The summed E-state index contributed by atoms with van der Waals surface area (Å²) in [6.45, 7) is 2.19. The van der Waals surface area contributed by atoms with E-state index in [-0.39, 0.29) is 11.5 Å². The number of aromatic carboxylic acids is 1. The molecule has 1 aromatic carbocycles. The van der Waals surface area contributed by atoms with E-state index >= 15 is 0 Å². The Bertz CT molecular complexity index is 631. The number of aryl methyl sites for hydroxylation is 1. The molecular formula is C14H15N3O3. The van der Waals surface area contributed by atoms with Crippen molar-refractivity contribution < 1.29 is 14.7 Å². The predicted molar refractivity (Wildman–Crippen MR) is 72.5 cm³/mol. The summed E-state index contributed by atoms with van der Waals surface area (Å²) in [6, 6.07) is 6.46. The maximum Gasteiger partial charge on any atom is 0.335 e. The van der Waals surface area contributed by atoms with Gasteiger partial charge in [0.2, 0.25) is 0 Å². The highest BCUT2D eigenvalue weighted by Gasteiger charge is 2.15. The Balaban J connectivity index is 2.08. The molecule has 2 aromatic rings. The van der Waals surface area contributed by atoms with E-state index in [1.54, 1.807) is 31.0 Å². The first-order valence-corrected chi connectivity index (χ1v) is 6.06. The molecule has 0 aliphatic heterocycles. The molecule has 2 rings (SSSR count). The van der Waals surface area contributed by atoms with Crippen LogP contribution < -0.4 is 0 Å². The predicted octanol–water partition coefficient (Wildman–Crippen LogP) is 1.69. The Hall–Kier alpha value is -2.63. The molecule has 0 aliphatic rings. The van der Waals surface area contributed by atoms with E-state index in [1.807, 2.05) is 0 Å². The van der Waals surface area contributed by atoms with Gasteiger partial charge in [0.25, 0.3) is 5.91 Å². The van der Waals surface area contributed by atoms with E-state index in [0.29, 0.717) is 12.1 Å². The maximum absolute atomic E-state index is 12.2. The Labute approximate surface area is 116 Å². The quantitative estimate of drug-likeness (QED) is 0.887. The summed E-state index contributed by atoms with van der Waals surface area (Å²) in [6.07, 6.45) is 1.50. The number of H-pyrrole nitrogens is 1.